The summed E-state index contributed by atoms with van der Waals surface area (Å²) in [7, 11) is 1.31. The number of ether oxygens (including phenoxy) is 1. The molecule has 0 aliphatic carbocycles. The van der Waals surface area contributed by atoms with Crippen molar-refractivity contribution in [3.8, 4) is 0 Å². The average Bonchev–Trinajstić information content (AvgIpc) is 2.71. The molecule has 2 amide bonds. The maximum atomic E-state index is 11.7. The van der Waals surface area contributed by atoms with Gasteiger partial charge in [0, 0.05) is 6.54 Å². The minimum Gasteiger partial charge on any atom is -0.468 e. The molecule has 5 nitrogen and oxygen atoms in total. The minimum atomic E-state index is -0.408. The topological polar surface area (TPSA) is 58.6 Å². The van der Waals surface area contributed by atoms with Crippen molar-refractivity contribution in [1.82, 2.24) is 10.2 Å². The zero-order chi connectivity index (χ0) is 13.1. The van der Waals surface area contributed by atoms with Crippen LogP contribution in [-0.4, -0.2) is 37.1 Å². The van der Waals surface area contributed by atoms with Gasteiger partial charge in [0.1, 0.15) is 6.54 Å². The monoisotopic (exact) mass is 248 g/mol. The molecule has 18 heavy (non-hydrogen) atoms. The molecule has 96 valence electrons. The highest BCUT2D eigenvalue weighted by molar-refractivity contribution is 5.82. The molecule has 1 saturated heterocycles. The summed E-state index contributed by atoms with van der Waals surface area (Å²) in [4.78, 5) is 24.3. The summed E-state index contributed by atoms with van der Waals surface area (Å²) < 4.78 is 4.56. The van der Waals surface area contributed by atoms with Crippen molar-refractivity contribution in [2.24, 2.45) is 0 Å². The number of hydrogen-bond acceptors (Lipinski definition) is 3. The Labute approximate surface area is 106 Å². The molecule has 0 spiro atoms. The van der Waals surface area contributed by atoms with Gasteiger partial charge >= 0.3 is 12.0 Å². The smallest absolute Gasteiger partial charge is 0.325 e. The van der Waals surface area contributed by atoms with Crippen LogP contribution >= 0.6 is 0 Å². The number of rotatable bonds is 3. The van der Waals surface area contributed by atoms with E-state index in [1.54, 1.807) is 0 Å². The number of methoxy groups -OCH3 is 1. The number of nitrogens with one attached hydrogen (secondary N) is 1. The van der Waals surface area contributed by atoms with Crippen molar-refractivity contribution in [1.29, 1.82) is 0 Å². The molecule has 1 aromatic carbocycles. The van der Waals surface area contributed by atoms with Crippen molar-refractivity contribution in [2.75, 3.05) is 20.2 Å². The van der Waals surface area contributed by atoms with Crippen LogP contribution in [-0.2, 0) is 9.53 Å². The number of aryl methyl sites for hydroxylation is 1. The van der Waals surface area contributed by atoms with Crippen LogP contribution in [0.4, 0.5) is 4.79 Å². The second-order valence-electron chi connectivity index (χ2n) is 4.37. The van der Waals surface area contributed by atoms with Gasteiger partial charge in [0.05, 0.1) is 13.2 Å². The van der Waals surface area contributed by atoms with Gasteiger partial charge in [-0.1, -0.05) is 29.8 Å². The van der Waals surface area contributed by atoms with E-state index in [0.717, 1.165) is 5.56 Å². The van der Waals surface area contributed by atoms with Gasteiger partial charge < -0.3 is 15.0 Å². The molecule has 2 rings (SSSR count). The lowest BCUT2D eigenvalue weighted by molar-refractivity contribution is -0.141. The van der Waals surface area contributed by atoms with E-state index in [-0.39, 0.29) is 18.6 Å². The second-order valence-corrected chi connectivity index (χ2v) is 4.37. The molecule has 1 aliphatic heterocycles. The fourth-order valence-electron chi connectivity index (χ4n) is 1.93. The second kappa shape index (κ2) is 5.08. The number of amides is 2. The Kier molecular flexibility index (Phi) is 3.50. The molecule has 5 heteroatoms. The van der Waals surface area contributed by atoms with Crippen molar-refractivity contribution in [2.45, 2.75) is 13.0 Å². The predicted octanol–water partition coefficient (Wildman–Crippen LogP) is 1.23. The van der Waals surface area contributed by atoms with Gasteiger partial charge in [-0.25, -0.2) is 4.79 Å². The van der Waals surface area contributed by atoms with Gasteiger partial charge in [-0.3, -0.25) is 4.79 Å². The Morgan fingerprint density at radius 2 is 2.11 bits per heavy atom. The number of benzene rings is 1. The summed E-state index contributed by atoms with van der Waals surface area (Å²) >= 11 is 0. The van der Waals surface area contributed by atoms with Gasteiger partial charge in [-0.05, 0) is 12.5 Å². The van der Waals surface area contributed by atoms with Crippen LogP contribution in [0.25, 0.3) is 0 Å². The Balaban J connectivity index is 2.04. The van der Waals surface area contributed by atoms with Crippen LogP contribution in [0.1, 0.15) is 17.2 Å². The molecule has 1 atom stereocenters. The normalized spacial score (nSPS) is 18.7. The molecule has 1 unspecified atom stereocenters. The van der Waals surface area contributed by atoms with E-state index in [9.17, 15) is 9.59 Å². The lowest BCUT2D eigenvalue weighted by atomic mass is 10.1. The van der Waals surface area contributed by atoms with E-state index < -0.39 is 5.97 Å². The summed E-state index contributed by atoms with van der Waals surface area (Å²) in [6.07, 6.45) is 0. The first-order chi connectivity index (χ1) is 8.60. The molecule has 1 N–H and O–H groups in total. The Hall–Kier alpha value is -2.04. The summed E-state index contributed by atoms with van der Waals surface area (Å²) in [5, 5.41) is 2.85. The predicted molar refractivity (Wildman–Crippen MR) is 66.0 cm³/mol. The van der Waals surface area contributed by atoms with E-state index in [1.807, 2.05) is 31.2 Å². The first kappa shape index (κ1) is 12.4. The first-order valence-electron chi connectivity index (χ1n) is 5.79. The van der Waals surface area contributed by atoms with Crippen molar-refractivity contribution < 1.29 is 14.3 Å². The number of hydrogen-bond donors (Lipinski definition) is 1. The summed E-state index contributed by atoms with van der Waals surface area (Å²) in [5.74, 6) is -0.408. The maximum absolute atomic E-state index is 11.7. The van der Waals surface area contributed by atoms with Crippen molar-refractivity contribution in [3.05, 3.63) is 35.4 Å². The lowest BCUT2D eigenvalue weighted by Crippen LogP contribution is -2.33. The first-order valence-corrected chi connectivity index (χ1v) is 5.79. The summed E-state index contributed by atoms with van der Waals surface area (Å²) in [6, 6.07) is 7.69. The highest BCUT2D eigenvalue weighted by Crippen LogP contribution is 2.20. The van der Waals surface area contributed by atoms with Gasteiger partial charge in [0.25, 0.3) is 0 Å². The fourth-order valence-corrected chi connectivity index (χ4v) is 1.93. The Morgan fingerprint density at radius 3 is 2.72 bits per heavy atom. The third-order valence-electron chi connectivity index (χ3n) is 3.02. The third kappa shape index (κ3) is 2.61. The van der Waals surface area contributed by atoms with E-state index in [4.69, 9.17) is 0 Å². The van der Waals surface area contributed by atoms with E-state index >= 15 is 0 Å². The van der Waals surface area contributed by atoms with E-state index in [0.29, 0.717) is 6.54 Å². The van der Waals surface area contributed by atoms with Crippen LogP contribution in [0.2, 0.25) is 0 Å². The van der Waals surface area contributed by atoms with Crippen LogP contribution < -0.4 is 5.32 Å². The van der Waals surface area contributed by atoms with Gasteiger partial charge in [0.15, 0.2) is 0 Å². The third-order valence-corrected chi connectivity index (χ3v) is 3.02. The Morgan fingerprint density at radius 1 is 1.44 bits per heavy atom. The van der Waals surface area contributed by atoms with Gasteiger partial charge in [0.2, 0.25) is 0 Å². The molecule has 1 aromatic rings. The van der Waals surface area contributed by atoms with Gasteiger partial charge in [-0.2, -0.15) is 0 Å². The standard InChI is InChI=1S/C13H16N2O3/c1-9-3-5-10(6-4-9)11-7-15(13(17)14-11)8-12(16)18-2/h3-6,11H,7-8H2,1-2H3,(H,14,17). The van der Waals surface area contributed by atoms with Crippen LogP contribution in [0, 0.1) is 6.92 Å². The zero-order valence-corrected chi connectivity index (χ0v) is 10.5. The number of esters is 1. The molecule has 0 aromatic heterocycles. The minimum absolute atomic E-state index is 0.00923. The zero-order valence-electron chi connectivity index (χ0n) is 10.5. The number of urea groups is 1. The molecule has 1 fully saturated rings. The number of carbonyl (C=O) groups excluding carboxylic acids is 2. The molecular weight excluding hydrogens is 232 g/mol. The largest absolute Gasteiger partial charge is 0.468 e. The van der Waals surface area contributed by atoms with E-state index in [2.05, 4.69) is 10.1 Å². The highest BCUT2D eigenvalue weighted by atomic mass is 16.5. The molecule has 1 heterocycles. The lowest BCUT2D eigenvalue weighted by Gasteiger charge is -2.13. The molecule has 0 bridgehead atoms. The molecule has 1 aliphatic rings. The maximum Gasteiger partial charge on any atom is 0.325 e. The van der Waals surface area contributed by atoms with Crippen molar-refractivity contribution >= 4 is 12.0 Å². The fraction of sp³-hybridized carbons (Fsp3) is 0.385. The quantitative estimate of drug-likeness (QED) is 0.819. The Bertz CT molecular complexity index is 456. The number of nitrogens with zero attached hydrogens (tertiary/aromatic N) is 1. The SMILES string of the molecule is COC(=O)CN1CC(c2ccc(C)cc2)NC1=O. The molecule has 0 radical (unpaired) electrons. The van der Waals surface area contributed by atoms with Crippen LogP contribution in [0.5, 0.6) is 0 Å². The molecule has 0 saturated carbocycles. The summed E-state index contributed by atoms with van der Waals surface area (Å²) in [6.45, 7) is 2.49. The van der Waals surface area contributed by atoms with Gasteiger partial charge in [-0.15, -0.1) is 0 Å². The number of carbonyl (C=O) groups is 2. The van der Waals surface area contributed by atoms with Crippen molar-refractivity contribution in [3.63, 3.8) is 0 Å². The molecular formula is C13H16N2O3. The van der Waals surface area contributed by atoms with Crippen LogP contribution in [0.15, 0.2) is 24.3 Å². The van der Waals surface area contributed by atoms with Crippen LogP contribution in [0.3, 0.4) is 0 Å². The summed E-state index contributed by atoms with van der Waals surface area (Å²) in [5.41, 5.74) is 2.22. The average molecular weight is 248 g/mol. The highest BCUT2D eigenvalue weighted by Gasteiger charge is 2.30. The van der Waals surface area contributed by atoms with E-state index in [1.165, 1.54) is 17.6 Å².